The number of aromatic nitrogens is 3. The summed E-state index contributed by atoms with van der Waals surface area (Å²) in [6, 6.07) is 9.73. The number of likely N-dealkylation sites (N-methyl/N-ethyl adjacent to an activating group) is 1. The molecule has 0 bridgehead atoms. The van der Waals surface area contributed by atoms with E-state index in [2.05, 4.69) is 27.4 Å². The Morgan fingerprint density at radius 2 is 2.07 bits per heavy atom. The zero-order chi connectivity index (χ0) is 19.1. The molecule has 2 aromatic heterocycles. The van der Waals surface area contributed by atoms with E-state index in [1.807, 2.05) is 44.3 Å². The molecule has 0 spiro atoms. The molecule has 0 radical (unpaired) electrons. The number of pyridine rings is 1. The van der Waals surface area contributed by atoms with E-state index in [1.165, 1.54) is 0 Å². The van der Waals surface area contributed by atoms with Gasteiger partial charge < -0.3 is 19.3 Å². The molecule has 142 valence electrons. The highest BCUT2D eigenvalue weighted by Gasteiger charge is 2.14. The lowest BCUT2D eigenvalue weighted by Gasteiger charge is -2.12. The lowest BCUT2D eigenvalue weighted by Crippen LogP contribution is -2.24. The lowest BCUT2D eigenvalue weighted by atomic mass is 10.2. The number of hydrogen-bond donors (Lipinski definition) is 1. The van der Waals surface area contributed by atoms with Crippen LogP contribution in [0.2, 0.25) is 0 Å². The molecule has 0 aliphatic heterocycles. The van der Waals surface area contributed by atoms with Crippen molar-refractivity contribution < 1.29 is 14.0 Å². The average Bonchev–Trinajstić information content (AvgIpc) is 3.16. The molecule has 0 fully saturated rings. The molecular formula is C20H24N4O3. The zero-order valence-electron chi connectivity index (χ0n) is 15.8. The van der Waals surface area contributed by atoms with Crippen molar-refractivity contribution in [3.8, 4) is 23.0 Å². The van der Waals surface area contributed by atoms with Crippen LogP contribution in [-0.4, -0.2) is 34.8 Å². The van der Waals surface area contributed by atoms with Crippen molar-refractivity contribution in [2.45, 2.75) is 32.9 Å². The van der Waals surface area contributed by atoms with Crippen LogP contribution in [0, 0.1) is 0 Å². The molecule has 2 heterocycles. The van der Waals surface area contributed by atoms with Gasteiger partial charge in [-0.1, -0.05) is 11.2 Å². The minimum atomic E-state index is 0.276. The number of rotatable bonds is 9. The molecular weight excluding hydrogens is 344 g/mol. The van der Waals surface area contributed by atoms with E-state index in [-0.39, 0.29) is 6.04 Å². The first-order valence-corrected chi connectivity index (χ1v) is 8.98. The van der Waals surface area contributed by atoms with Crippen LogP contribution in [0.1, 0.15) is 25.2 Å². The van der Waals surface area contributed by atoms with Gasteiger partial charge in [-0.25, -0.2) is 0 Å². The highest BCUT2D eigenvalue weighted by atomic mass is 16.5. The minimum Gasteiger partial charge on any atom is -0.490 e. The molecule has 0 amide bonds. The van der Waals surface area contributed by atoms with E-state index in [9.17, 15) is 0 Å². The maximum Gasteiger partial charge on any atom is 0.258 e. The monoisotopic (exact) mass is 368 g/mol. The van der Waals surface area contributed by atoms with Gasteiger partial charge in [0.25, 0.3) is 5.89 Å². The fraction of sp³-hybridized carbons (Fsp3) is 0.350. The topological polar surface area (TPSA) is 82.3 Å². The van der Waals surface area contributed by atoms with Gasteiger partial charge in [0.1, 0.15) is 6.61 Å². The SMILES string of the molecule is CCOc1cc(-c2nc(CC(C)NC)no2)ccc1OCc1cccnc1. The van der Waals surface area contributed by atoms with Crippen LogP contribution in [0.5, 0.6) is 11.5 Å². The van der Waals surface area contributed by atoms with Gasteiger partial charge >= 0.3 is 0 Å². The molecule has 1 atom stereocenters. The lowest BCUT2D eigenvalue weighted by molar-refractivity contribution is 0.269. The molecule has 1 aromatic carbocycles. The number of nitrogens with zero attached hydrogens (tertiary/aromatic N) is 3. The fourth-order valence-corrected chi connectivity index (χ4v) is 2.50. The Morgan fingerprint density at radius 3 is 2.81 bits per heavy atom. The van der Waals surface area contributed by atoms with Crippen LogP contribution in [0.15, 0.2) is 47.2 Å². The largest absolute Gasteiger partial charge is 0.490 e. The first-order chi connectivity index (χ1) is 13.2. The summed E-state index contributed by atoms with van der Waals surface area (Å²) >= 11 is 0. The Morgan fingerprint density at radius 1 is 1.19 bits per heavy atom. The molecule has 7 heteroatoms. The summed E-state index contributed by atoms with van der Waals surface area (Å²) in [5.41, 5.74) is 1.78. The Balaban J connectivity index is 1.76. The molecule has 3 aromatic rings. The number of benzene rings is 1. The van der Waals surface area contributed by atoms with Gasteiger partial charge in [-0.3, -0.25) is 4.98 Å². The van der Waals surface area contributed by atoms with Crippen LogP contribution in [0.25, 0.3) is 11.5 Å². The molecule has 1 unspecified atom stereocenters. The summed E-state index contributed by atoms with van der Waals surface area (Å²) < 4.78 is 17.0. The first kappa shape index (κ1) is 18.8. The quantitative estimate of drug-likeness (QED) is 0.621. The van der Waals surface area contributed by atoms with Gasteiger partial charge in [-0.15, -0.1) is 0 Å². The van der Waals surface area contributed by atoms with Gasteiger partial charge in [0.2, 0.25) is 0 Å². The van der Waals surface area contributed by atoms with Crippen LogP contribution in [0.3, 0.4) is 0 Å². The molecule has 7 nitrogen and oxygen atoms in total. The molecule has 1 N–H and O–H groups in total. The highest BCUT2D eigenvalue weighted by molar-refractivity contribution is 5.59. The minimum absolute atomic E-state index is 0.276. The van der Waals surface area contributed by atoms with Crippen molar-refractivity contribution >= 4 is 0 Å². The second-order valence-electron chi connectivity index (χ2n) is 6.15. The Hall–Kier alpha value is -2.93. The Kier molecular flexibility index (Phi) is 6.38. The van der Waals surface area contributed by atoms with Crippen molar-refractivity contribution in [3.05, 3.63) is 54.1 Å². The van der Waals surface area contributed by atoms with Crippen LogP contribution < -0.4 is 14.8 Å². The smallest absolute Gasteiger partial charge is 0.258 e. The van der Waals surface area contributed by atoms with Crippen molar-refractivity contribution in [2.24, 2.45) is 0 Å². The summed E-state index contributed by atoms with van der Waals surface area (Å²) in [6.45, 7) is 4.94. The molecule has 0 saturated heterocycles. The van der Waals surface area contributed by atoms with Crippen molar-refractivity contribution in [1.29, 1.82) is 0 Å². The third kappa shape index (κ3) is 5.04. The Bertz CT molecular complexity index is 851. The number of nitrogens with one attached hydrogen (secondary N) is 1. The van der Waals surface area contributed by atoms with Crippen LogP contribution >= 0.6 is 0 Å². The van der Waals surface area contributed by atoms with Gasteiger partial charge in [0.05, 0.1) is 6.61 Å². The second kappa shape index (κ2) is 9.14. The maximum atomic E-state index is 5.90. The fourth-order valence-electron chi connectivity index (χ4n) is 2.50. The van der Waals surface area contributed by atoms with Crippen LogP contribution in [-0.2, 0) is 13.0 Å². The predicted octanol–water partition coefficient (Wildman–Crippen LogP) is 3.26. The summed E-state index contributed by atoms with van der Waals surface area (Å²) in [7, 11) is 1.91. The normalized spacial score (nSPS) is 12.0. The summed E-state index contributed by atoms with van der Waals surface area (Å²) in [5.74, 6) is 2.44. The first-order valence-electron chi connectivity index (χ1n) is 8.98. The van der Waals surface area contributed by atoms with Gasteiger partial charge in [0, 0.05) is 36.0 Å². The van der Waals surface area contributed by atoms with E-state index in [1.54, 1.807) is 12.4 Å². The highest BCUT2D eigenvalue weighted by Crippen LogP contribution is 2.33. The third-order valence-electron chi connectivity index (χ3n) is 4.06. The average molecular weight is 368 g/mol. The zero-order valence-corrected chi connectivity index (χ0v) is 15.8. The maximum absolute atomic E-state index is 5.90. The standard InChI is InChI=1S/C20H24N4O3/c1-4-25-18-11-16(20-23-19(24-27-20)10-14(2)21-3)7-8-17(18)26-13-15-6-5-9-22-12-15/h5-9,11-12,14,21H,4,10,13H2,1-3H3. The van der Waals surface area contributed by atoms with Gasteiger partial charge in [0.15, 0.2) is 17.3 Å². The molecule has 27 heavy (non-hydrogen) atoms. The second-order valence-corrected chi connectivity index (χ2v) is 6.15. The molecule has 3 rings (SSSR count). The number of hydrogen-bond acceptors (Lipinski definition) is 7. The van der Waals surface area contributed by atoms with Gasteiger partial charge in [-0.05, 0) is 45.2 Å². The molecule has 0 saturated carbocycles. The van der Waals surface area contributed by atoms with Crippen molar-refractivity contribution in [2.75, 3.05) is 13.7 Å². The van der Waals surface area contributed by atoms with E-state index in [0.717, 1.165) is 11.1 Å². The van der Waals surface area contributed by atoms with Gasteiger partial charge in [-0.2, -0.15) is 4.98 Å². The molecule has 0 aliphatic carbocycles. The van der Waals surface area contributed by atoms with Crippen LogP contribution in [0.4, 0.5) is 0 Å². The summed E-state index contributed by atoms with van der Waals surface area (Å²) in [5, 5.41) is 7.21. The van der Waals surface area contributed by atoms with E-state index in [0.29, 0.717) is 42.8 Å². The summed E-state index contributed by atoms with van der Waals surface area (Å²) in [6.07, 6.45) is 4.21. The third-order valence-corrected chi connectivity index (χ3v) is 4.06. The van der Waals surface area contributed by atoms with E-state index >= 15 is 0 Å². The van der Waals surface area contributed by atoms with E-state index < -0.39 is 0 Å². The number of ether oxygens (including phenoxy) is 2. The molecule has 0 aliphatic rings. The van der Waals surface area contributed by atoms with E-state index in [4.69, 9.17) is 14.0 Å². The van der Waals surface area contributed by atoms with Crippen molar-refractivity contribution in [1.82, 2.24) is 20.4 Å². The summed E-state index contributed by atoms with van der Waals surface area (Å²) in [4.78, 5) is 8.57. The van der Waals surface area contributed by atoms with Crippen molar-refractivity contribution in [3.63, 3.8) is 0 Å². The predicted molar refractivity (Wildman–Crippen MR) is 102 cm³/mol. The Labute approximate surface area is 158 Å².